The van der Waals surface area contributed by atoms with Gasteiger partial charge < -0.3 is 14.8 Å². The van der Waals surface area contributed by atoms with Gasteiger partial charge in [-0.15, -0.1) is 0 Å². The van der Waals surface area contributed by atoms with Crippen LogP contribution < -0.4 is 5.32 Å². The van der Waals surface area contributed by atoms with Crippen LogP contribution in [0.3, 0.4) is 0 Å². The zero-order valence-corrected chi connectivity index (χ0v) is 11.4. The number of nitrogens with zero attached hydrogens (tertiary/aromatic N) is 1. The summed E-state index contributed by atoms with van der Waals surface area (Å²) >= 11 is 0. The normalized spacial score (nSPS) is 12.8. The Balaban J connectivity index is 1.86. The zero-order valence-electron chi connectivity index (χ0n) is 11.4. The Morgan fingerprint density at radius 1 is 1.47 bits per heavy atom. The molecule has 0 aromatic carbocycles. The van der Waals surface area contributed by atoms with Crippen LogP contribution in [0, 0.1) is 6.92 Å². The second-order valence-corrected chi connectivity index (χ2v) is 4.85. The van der Waals surface area contributed by atoms with Crippen molar-refractivity contribution in [2.75, 3.05) is 6.54 Å². The number of aliphatic hydroxyl groups excluding tert-OH is 1. The number of aromatic nitrogens is 2. The van der Waals surface area contributed by atoms with Gasteiger partial charge in [0.1, 0.15) is 11.5 Å². The number of nitrogens with one attached hydrogen (secondary N) is 2. The monoisotopic (exact) mass is 263 g/mol. The van der Waals surface area contributed by atoms with E-state index in [1.807, 2.05) is 32.2 Å². The second kappa shape index (κ2) is 6.54. The first kappa shape index (κ1) is 13.8. The summed E-state index contributed by atoms with van der Waals surface area (Å²) < 4.78 is 5.60. The standard InChI is InChI=1S/C14H21N3O2/c1-10(18)4-3-7-15-8-12-9-16-17-14(12)13-6-5-11(2)19-13/h5-6,9-10,15,18H,3-4,7-8H2,1-2H3,(H,16,17). The van der Waals surface area contributed by atoms with Crippen LogP contribution >= 0.6 is 0 Å². The quantitative estimate of drug-likeness (QED) is 0.670. The molecule has 2 rings (SSSR count). The minimum absolute atomic E-state index is 0.225. The molecular formula is C14H21N3O2. The first-order valence-corrected chi connectivity index (χ1v) is 6.64. The molecule has 0 aliphatic rings. The van der Waals surface area contributed by atoms with Crippen LogP contribution in [-0.2, 0) is 6.54 Å². The van der Waals surface area contributed by atoms with Gasteiger partial charge in [0.25, 0.3) is 0 Å². The lowest BCUT2D eigenvalue weighted by Crippen LogP contribution is -2.16. The van der Waals surface area contributed by atoms with Gasteiger partial charge in [-0.05, 0) is 45.4 Å². The molecule has 1 atom stereocenters. The first-order chi connectivity index (χ1) is 9.16. The summed E-state index contributed by atoms with van der Waals surface area (Å²) in [4.78, 5) is 0. The fourth-order valence-electron chi connectivity index (χ4n) is 1.97. The number of hydrogen-bond donors (Lipinski definition) is 3. The summed E-state index contributed by atoms with van der Waals surface area (Å²) in [6.45, 7) is 5.36. The minimum Gasteiger partial charge on any atom is -0.460 e. The molecule has 0 spiro atoms. The van der Waals surface area contributed by atoms with Crippen molar-refractivity contribution in [2.45, 2.75) is 39.3 Å². The highest BCUT2D eigenvalue weighted by Crippen LogP contribution is 2.23. The summed E-state index contributed by atoms with van der Waals surface area (Å²) in [6, 6.07) is 3.88. The molecule has 0 saturated heterocycles. The van der Waals surface area contributed by atoms with E-state index < -0.39 is 0 Å². The second-order valence-electron chi connectivity index (χ2n) is 4.85. The Hall–Kier alpha value is -1.59. The van der Waals surface area contributed by atoms with E-state index in [0.717, 1.165) is 48.7 Å². The van der Waals surface area contributed by atoms with Gasteiger partial charge in [0.2, 0.25) is 0 Å². The molecular weight excluding hydrogens is 242 g/mol. The number of furan rings is 1. The molecule has 2 heterocycles. The zero-order chi connectivity index (χ0) is 13.7. The Labute approximate surface area is 113 Å². The van der Waals surface area contributed by atoms with Crippen molar-refractivity contribution in [3.05, 3.63) is 29.7 Å². The van der Waals surface area contributed by atoms with E-state index in [4.69, 9.17) is 4.42 Å². The fraction of sp³-hybridized carbons (Fsp3) is 0.500. The van der Waals surface area contributed by atoms with Crippen LogP contribution in [0.4, 0.5) is 0 Å². The van der Waals surface area contributed by atoms with E-state index in [0.29, 0.717) is 0 Å². The average Bonchev–Trinajstić information content (AvgIpc) is 2.96. The highest BCUT2D eigenvalue weighted by atomic mass is 16.3. The first-order valence-electron chi connectivity index (χ1n) is 6.64. The lowest BCUT2D eigenvalue weighted by molar-refractivity contribution is 0.181. The number of rotatable bonds is 7. The van der Waals surface area contributed by atoms with Gasteiger partial charge in [0.15, 0.2) is 5.76 Å². The van der Waals surface area contributed by atoms with Gasteiger partial charge in [0, 0.05) is 12.1 Å². The Kier molecular flexibility index (Phi) is 4.76. The molecule has 2 aromatic rings. The molecule has 5 heteroatoms. The lowest BCUT2D eigenvalue weighted by atomic mass is 10.2. The maximum Gasteiger partial charge on any atom is 0.152 e. The van der Waals surface area contributed by atoms with E-state index in [1.54, 1.807) is 0 Å². The predicted molar refractivity (Wildman–Crippen MR) is 73.6 cm³/mol. The number of aryl methyl sites for hydroxylation is 1. The predicted octanol–water partition coefficient (Wildman–Crippen LogP) is 2.23. The molecule has 0 aliphatic carbocycles. The van der Waals surface area contributed by atoms with Gasteiger partial charge >= 0.3 is 0 Å². The maximum absolute atomic E-state index is 9.18. The van der Waals surface area contributed by atoms with Gasteiger partial charge in [-0.25, -0.2) is 0 Å². The van der Waals surface area contributed by atoms with E-state index in [2.05, 4.69) is 15.5 Å². The maximum atomic E-state index is 9.18. The third kappa shape index (κ3) is 3.94. The summed E-state index contributed by atoms with van der Waals surface area (Å²) in [5.41, 5.74) is 2.02. The Morgan fingerprint density at radius 2 is 2.32 bits per heavy atom. The summed E-state index contributed by atoms with van der Waals surface area (Å²) in [5.74, 6) is 1.70. The SMILES string of the molecule is Cc1ccc(-c2[nH]ncc2CNCCCC(C)O)o1. The highest BCUT2D eigenvalue weighted by molar-refractivity contribution is 5.56. The molecule has 0 bridgehead atoms. The van der Waals surface area contributed by atoms with Crippen LogP contribution in [0.1, 0.15) is 31.1 Å². The van der Waals surface area contributed by atoms with Crippen LogP contribution in [0.2, 0.25) is 0 Å². The van der Waals surface area contributed by atoms with Crippen molar-refractivity contribution < 1.29 is 9.52 Å². The third-order valence-corrected chi connectivity index (χ3v) is 3.00. The molecule has 0 radical (unpaired) electrons. The van der Waals surface area contributed by atoms with Crippen LogP contribution in [0.25, 0.3) is 11.5 Å². The van der Waals surface area contributed by atoms with E-state index in [1.165, 1.54) is 0 Å². The number of aromatic amines is 1. The Morgan fingerprint density at radius 3 is 3.00 bits per heavy atom. The van der Waals surface area contributed by atoms with E-state index in [-0.39, 0.29) is 6.10 Å². The average molecular weight is 263 g/mol. The van der Waals surface area contributed by atoms with Crippen molar-refractivity contribution in [2.24, 2.45) is 0 Å². The summed E-state index contributed by atoms with van der Waals surface area (Å²) in [7, 11) is 0. The summed E-state index contributed by atoms with van der Waals surface area (Å²) in [5, 5.41) is 19.6. The molecule has 3 N–H and O–H groups in total. The van der Waals surface area contributed by atoms with Crippen molar-refractivity contribution in [1.82, 2.24) is 15.5 Å². The van der Waals surface area contributed by atoms with E-state index >= 15 is 0 Å². The van der Waals surface area contributed by atoms with Gasteiger partial charge in [-0.2, -0.15) is 5.10 Å². The smallest absolute Gasteiger partial charge is 0.152 e. The molecule has 0 saturated carbocycles. The molecule has 5 nitrogen and oxygen atoms in total. The van der Waals surface area contributed by atoms with Crippen LogP contribution in [0.15, 0.2) is 22.7 Å². The largest absolute Gasteiger partial charge is 0.460 e. The van der Waals surface area contributed by atoms with Crippen molar-refractivity contribution in [3.8, 4) is 11.5 Å². The van der Waals surface area contributed by atoms with Crippen molar-refractivity contribution in [3.63, 3.8) is 0 Å². The number of aliphatic hydroxyl groups is 1. The topological polar surface area (TPSA) is 74.1 Å². The summed E-state index contributed by atoms with van der Waals surface area (Å²) in [6.07, 6.45) is 3.37. The molecule has 2 aromatic heterocycles. The molecule has 0 aliphatic heterocycles. The molecule has 104 valence electrons. The van der Waals surface area contributed by atoms with Gasteiger partial charge in [-0.1, -0.05) is 0 Å². The highest BCUT2D eigenvalue weighted by Gasteiger charge is 2.10. The molecule has 0 fully saturated rings. The molecule has 0 amide bonds. The van der Waals surface area contributed by atoms with Gasteiger partial charge in [-0.3, -0.25) is 5.10 Å². The third-order valence-electron chi connectivity index (χ3n) is 3.00. The molecule has 1 unspecified atom stereocenters. The Bertz CT molecular complexity index is 502. The van der Waals surface area contributed by atoms with Crippen molar-refractivity contribution >= 4 is 0 Å². The van der Waals surface area contributed by atoms with Gasteiger partial charge in [0.05, 0.1) is 12.3 Å². The number of hydrogen-bond acceptors (Lipinski definition) is 4. The fourth-order valence-corrected chi connectivity index (χ4v) is 1.97. The lowest BCUT2D eigenvalue weighted by Gasteiger charge is -2.06. The number of H-pyrrole nitrogens is 1. The molecule has 19 heavy (non-hydrogen) atoms. The van der Waals surface area contributed by atoms with Crippen molar-refractivity contribution in [1.29, 1.82) is 0 Å². The minimum atomic E-state index is -0.225. The van der Waals surface area contributed by atoms with Crippen LogP contribution in [-0.4, -0.2) is 28.0 Å². The van der Waals surface area contributed by atoms with E-state index in [9.17, 15) is 5.11 Å². The van der Waals surface area contributed by atoms with Crippen LogP contribution in [0.5, 0.6) is 0 Å².